The van der Waals surface area contributed by atoms with E-state index in [4.69, 9.17) is 4.74 Å². The van der Waals surface area contributed by atoms with Crippen LogP contribution in [0.3, 0.4) is 0 Å². The van der Waals surface area contributed by atoms with Crippen LogP contribution < -0.4 is 0 Å². The van der Waals surface area contributed by atoms with Crippen molar-refractivity contribution in [2.75, 3.05) is 0 Å². The van der Waals surface area contributed by atoms with Crippen LogP contribution >= 0.6 is 0 Å². The molecule has 0 saturated heterocycles. The molecule has 110 valence electrons. The fourth-order valence-corrected chi connectivity index (χ4v) is 1.61. The molecular formula is C18H20O3. The van der Waals surface area contributed by atoms with Gasteiger partial charge in [0.25, 0.3) is 0 Å². The molecule has 3 heteroatoms. The van der Waals surface area contributed by atoms with E-state index < -0.39 is 12.1 Å². The van der Waals surface area contributed by atoms with Crippen LogP contribution in [-0.2, 0) is 20.7 Å². The van der Waals surface area contributed by atoms with Crippen molar-refractivity contribution in [3.05, 3.63) is 72.4 Å². The summed E-state index contributed by atoms with van der Waals surface area (Å²) in [4.78, 5) is 23.2. The van der Waals surface area contributed by atoms with Crippen molar-refractivity contribution in [3.63, 3.8) is 0 Å². The number of benzene rings is 1. The number of carbonyl (C=O) groups is 2. The lowest BCUT2D eigenvalue weighted by Gasteiger charge is -2.06. The third-order valence-corrected chi connectivity index (χ3v) is 2.61. The van der Waals surface area contributed by atoms with Crippen molar-refractivity contribution in [2.45, 2.75) is 26.4 Å². The maximum absolute atomic E-state index is 11.8. The Labute approximate surface area is 125 Å². The van der Waals surface area contributed by atoms with Gasteiger partial charge in [0.15, 0.2) is 5.78 Å². The van der Waals surface area contributed by atoms with Gasteiger partial charge in [-0.05, 0) is 31.6 Å². The molecule has 0 aromatic heterocycles. The topological polar surface area (TPSA) is 43.4 Å². The van der Waals surface area contributed by atoms with E-state index in [9.17, 15) is 9.59 Å². The van der Waals surface area contributed by atoms with Crippen molar-refractivity contribution in [2.24, 2.45) is 0 Å². The molecule has 0 heterocycles. The Bertz CT molecular complexity index is 539. The minimum atomic E-state index is -0.438. The molecule has 1 unspecified atom stereocenters. The van der Waals surface area contributed by atoms with Crippen LogP contribution in [0.4, 0.5) is 0 Å². The highest BCUT2D eigenvalue weighted by Gasteiger charge is 2.04. The molecule has 0 spiro atoms. The lowest BCUT2D eigenvalue weighted by molar-refractivity contribution is -0.140. The summed E-state index contributed by atoms with van der Waals surface area (Å²) in [7, 11) is 0. The Balaban J connectivity index is 2.41. The molecule has 1 atom stereocenters. The molecule has 1 aromatic rings. The molecule has 1 aromatic carbocycles. The summed E-state index contributed by atoms with van der Waals surface area (Å²) in [6.07, 6.45) is 9.47. The predicted octanol–water partition coefficient (Wildman–Crippen LogP) is 3.42. The highest BCUT2D eigenvalue weighted by atomic mass is 16.5. The van der Waals surface area contributed by atoms with E-state index in [2.05, 4.69) is 0 Å². The smallest absolute Gasteiger partial charge is 0.331 e. The van der Waals surface area contributed by atoms with E-state index in [1.54, 1.807) is 25.2 Å². The zero-order valence-electron chi connectivity index (χ0n) is 12.4. The molecule has 0 aliphatic rings. The zero-order chi connectivity index (χ0) is 15.5. The van der Waals surface area contributed by atoms with Crippen LogP contribution in [0.1, 0.15) is 19.4 Å². The zero-order valence-corrected chi connectivity index (χ0v) is 12.4. The first kappa shape index (κ1) is 16.6. The maximum atomic E-state index is 11.8. The molecular weight excluding hydrogens is 264 g/mol. The monoisotopic (exact) mass is 284 g/mol. The molecule has 0 aliphatic heterocycles. The summed E-state index contributed by atoms with van der Waals surface area (Å²) in [6.45, 7) is 3.58. The molecule has 0 fully saturated rings. The largest absolute Gasteiger partial charge is 0.455 e. The Morgan fingerprint density at radius 3 is 2.52 bits per heavy atom. The second-order valence-electron chi connectivity index (χ2n) is 4.51. The molecule has 0 aliphatic carbocycles. The van der Waals surface area contributed by atoms with Crippen molar-refractivity contribution >= 4 is 11.8 Å². The number of ether oxygens (including phenoxy) is 1. The van der Waals surface area contributed by atoms with Gasteiger partial charge >= 0.3 is 5.97 Å². The predicted molar refractivity (Wildman–Crippen MR) is 83.8 cm³/mol. The van der Waals surface area contributed by atoms with Crippen LogP contribution in [0.2, 0.25) is 0 Å². The van der Waals surface area contributed by atoms with E-state index in [-0.39, 0.29) is 5.78 Å². The van der Waals surface area contributed by atoms with Gasteiger partial charge in [-0.15, -0.1) is 0 Å². The lowest BCUT2D eigenvalue weighted by Crippen LogP contribution is -2.11. The SMILES string of the molecule is C/C=C/C=C/C(=O)OC(C)/C=C\C(=O)Cc1ccccc1. The summed E-state index contributed by atoms with van der Waals surface area (Å²) in [5.41, 5.74) is 0.964. The Kier molecular flexibility index (Phi) is 7.51. The normalized spacial score (nSPS) is 13.0. The molecule has 0 bridgehead atoms. The first-order chi connectivity index (χ1) is 10.1. The fourth-order valence-electron chi connectivity index (χ4n) is 1.61. The Hall–Kier alpha value is -2.42. The van der Waals surface area contributed by atoms with Crippen LogP contribution in [0.15, 0.2) is 66.8 Å². The Morgan fingerprint density at radius 1 is 1.14 bits per heavy atom. The number of esters is 1. The average molecular weight is 284 g/mol. The summed E-state index contributed by atoms with van der Waals surface area (Å²) in [6, 6.07) is 9.51. The van der Waals surface area contributed by atoms with Crippen LogP contribution in [0.5, 0.6) is 0 Å². The summed E-state index contributed by atoms with van der Waals surface area (Å²) in [5, 5.41) is 0. The van der Waals surface area contributed by atoms with Gasteiger partial charge in [-0.25, -0.2) is 4.79 Å². The van der Waals surface area contributed by atoms with E-state index >= 15 is 0 Å². The molecule has 0 radical (unpaired) electrons. The van der Waals surface area contributed by atoms with Gasteiger partial charge in [0, 0.05) is 12.5 Å². The van der Waals surface area contributed by atoms with Gasteiger partial charge < -0.3 is 4.74 Å². The molecule has 21 heavy (non-hydrogen) atoms. The second-order valence-corrected chi connectivity index (χ2v) is 4.51. The number of carbonyl (C=O) groups excluding carboxylic acids is 2. The quantitative estimate of drug-likeness (QED) is 0.438. The molecule has 0 saturated carbocycles. The number of hydrogen-bond donors (Lipinski definition) is 0. The molecule has 0 N–H and O–H groups in total. The number of rotatable bonds is 7. The van der Waals surface area contributed by atoms with Gasteiger partial charge in [-0.2, -0.15) is 0 Å². The van der Waals surface area contributed by atoms with E-state index in [1.807, 2.05) is 43.3 Å². The number of allylic oxidation sites excluding steroid dienone is 4. The van der Waals surface area contributed by atoms with Crippen molar-refractivity contribution in [3.8, 4) is 0 Å². The maximum Gasteiger partial charge on any atom is 0.331 e. The van der Waals surface area contributed by atoms with Gasteiger partial charge in [0.2, 0.25) is 0 Å². The summed E-state index contributed by atoms with van der Waals surface area (Å²) >= 11 is 0. The molecule has 1 rings (SSSR count). The lowest BCUT2D eigenvalue weighted by atomic mass is 10.1. The number of hydrogen-bond acceptors (Lipinski definition) is 3. The highest BCUT2D eigenvalue weighted by molar-refractivity contribution is 5.91. The third-order valence-electron chi connectivity index (χ3n) is 2.61. The standard InChI is InChI=1S/C18H20O3/c1-3-4-6-11-18(20)21-15(2)12-13-17(19)14-16-9-7-5-8-10-16/h3-13,15H,14H2,1-2H3/b4-3+,11-6+,13-12-. The third kappa shape index (κ3) is 7.67. The minimum Gasteiger partial charge on any atom is -0.455 e. The van der Waals surface area contributed by atoms with Crippen molar-refractivity contribution < 1.29 is 14.3 Å². The van der Waals surface area contributed by atoms with Gasteiger partial charge in [0.1, 0.15) is 6.10 Å². The molecule has 3 nitrogen and oxygen atoms in total. The van der Waals surface area contributed by atoms with E-state index in [0.717, 1.165) is 5.56 Å². The van der Waals surface area contributed by atoms with E-state index in [1.165, 1.54) is 12.2 Å². The van der Waals surface area contributed by atoms with Crippen LogP contribution in [0, 0.1) is 0 Å². The number of ketones is 1. The first-order valence-electron chi connectivity index (χ1n) is 6.86. The van der Waals surface area contributed by atoms with Gasteiger partial charge in [-0.1, -0.05) is 48.6 Å². The fraction of sp³-hybridized carbons (Fsp3) is 0.222. The van der Waals surface area contributed by atoms with Crippen molar-refractivity contribution in [1.82, 2.24) is 0 Å². The highest BCUT2D eigenvalue weighted by Crippen LogP contribution is 2.02. The van der Waals surface area contributed by atoms with Gasteiger partial charge in [-0.3, -0.25) is 4.79 Å². The van der Waals surface area contributed by atoms with Crippen LogP contribution in [-0.4, -0.2) is 17.9 Å². The first-order valence-corrected chi connectivity index (χ1v) is 6.86. The molecule has 0 amide bonds. The van der Waals surface area contributed by atoms with Crippen molar-refractivity contribution in [1.29, 1.82) is 0 Å². The minimum absolute atomic E-state index is 0.0199. The average Bonchev–Trinajstić information content (AvgIpc) is 2.46. The Morgan fingerprint density at radius 2 is 1.86 bits per heavy atom. The summed E-state index contributed by atoms with van der Waals surface area (Å²) in [5.74, 6) is -0.450. The van der Waals surface area contributed by atoms with E-state index in [0.29, 0.717) is 6.42 Å². The summed E-state index contributed by atoms with van der Waals surface area (Å²) < 4.78 is 5.10. The second kappa shape index (κ2) is 9.48. The van der Waals surface area contributed by atoms with Gasteiger partial charge in [0.05, 0.1) is 0 Å². The van der Waals surface area contributed by atoms with Crippen LogP contribution in [0.25, 0.3) is 0 Å².